The van der Waals surface area contributed by atoms with Crippen LogP contribution in [0.1, 0.15) is 5.56 Å². The lowest BCUT2D eigenvalue weighted by molar-refractivity contribution is -0.112. The SMILES string of the molecule is N#CCOc1ccc(/C=C(/C#N)C(=O)Nc2ccc(Cl)cc2)cc1I. The quantitative estimate of drug-likeness (QED) is 0.405. The number of anilines is 1. The van der Waals surface area contributed by atoms with E-state index in [1.807, 2.05) is 12.1 Å². The summed E-state index contributed by atoms with van der Waals surface area (Å²) >= 11 is 7.86. The van der Waals surface area contributed by atoms with Crippen LogP contribution in [-0.2, 0) is 4.79 Å². The van der Waals surface area contributed by atoms with Gasteiger partial charge in [-0.15, -0.1) is 0 Å². The highest BCUT2D eigenvalue weighted by atomic mass is 127. The maximum absolute atomic E-state index is 12.2. The molecule has 1 amide bonds. The molecule has 0 heterocycles. The molecule has 1 N–H and O–H groups in total. The zero-order chi connectivity index (χ0) is 18.2. The first-order chi connectivity index (χ1) is 12.0. The van der Waals surface area contributed by atoms with E-state index in [9.17, 15) is 10.1 Å². The number of halogens is 2. The number of hydrogen-bond acceptors (Lipinski definition) is 4. The van der Waals surface area contributed by atoms with Crippen molar-refractivity contribution in [3.63, 3.8) is 0 Å². The highest BCUT2D eigenvalue weighted by Gasteiger charge is 2.10. The van der Waals surface area contributed by atoms with Gasteiger partial charge in [0.2, 0.25) is 0 Å². The number of carbonyl (C=O) groups excluding carboxylic acids is 1. The fourth-order valence-electron chi connectivity index (χ4n) is 1.88. The molecule has 0 radical (unpaired) electrons. The summed E-state index contributed by atoms with van der Waals surface area (Å²) in [6.45, 7) is -0.0435. The van der Waals surface area contributed by atoms with Crippen LogP contribution in [0.5, 0.6) is 5.75 Å². The summed E-state index contributed by atoms with van der Waals surface area (Å²) in [5.41, 5.74) is 1.19. The van der Waals surface area contributed by atoms with Gasteiger partial charge in [0.15, 0.2) is 6.61 Å². The minimum Gasteiger partial charge on any atom is -0.478 e. The van der Waals surface area contributed by atoms with Gasteiger partial charge < -0.3 is 10.1 Å². The summed E-state index contributed by atoms with van der Waals surface area (Å²) in [5, 5.41) is 21.0. The van der Waals surface area contributed by atoms with Crippen molar-refractivity contribution in [2.24, 2.45) is 0 Å². The van der Waals surface area contributed by atoms with Crippen molar-refractivity contribution in [1.29, 1.82) is 10.5 Å². The van der Waals surface area contributed by atoms with Gasteiger partial charge in [-0.05, 0) is 70.6 Å². The summed E-state index contributed by atoms with van der Waals surface area (Å²) in [7, 11) is 0. The van der Waals surface area contributed by atoms with Crippen LogP contribution in [0.2, 0.25) is 5.02 Å². The van der Waals surface area contributed by atoms with E-state index in [4.69, 9.17) is 21.6 Å². The smallest absolute Gasteiger partial charge is 0.266 e. The Hall–Kier alpha value is -2.55. The zero-order valence-electron chi connectivity index (χ0n) is 12.8. The van der Waals surface area contributed by atoms with Crippen LogP contribution in [0.3, 0.4) is 0 Å². The molecule has 0 spiro atoms. The third-order valence-corrected chi connectivity index (χ3v) is 4.12. The van der Waals surface area contributed by atoms with Crippen molar-refractivity contribution in [2.45, 2.75) is 0 Å². The Balaban J connectivity index is 2.17. The summed E-state index contributed by atoms with van der Waals surface area (Å²) in [6, 6.07) is 15.6. The number of amides is 1. The van der Waals surface area contributed by atoms with Crippen LogP contribution in [0.15, 0.2) is 48.0 Å². The summed E-state index contributed by atoms with van der Waals surface area (Å²) in [5.74, 6) is 0.0630. The first-order valence-electron chi connectivity index (χ1n) is 7.01. The standard InChI is InChI=1S/C18H11ClIN3O2/c19-14-2-4-15(5-3-14)23-18(24)13(11-22)9-12-1-6-17(16(20)10-12)25-8-7-21/h1-6,9-10H,8H2,(H,23,24)/b13-9-. The number of benzene rings is 2. The van der Waals surface area contributed by atoms with Crippen molar-refractivity contribution < 1.29 is 9.53 Å². The van der Waals surface area contributed by atoms with E-state index < -0.39 is 5.91 Å². The molecular weight excluding hydrogens is 453 g/mol. The average Bonchev–Trinajstić information content (AvgIpc) is 2.60. The highest BCUT2D eigenvalue weighted by molar-refractivity contribution is 14.1. The molecule has 0 saturated carbocycles. The Labute approximate surface area is 163 Å². The van der Waals surface area contributed by atoms with E-state index in [-0.39, 0.29) is 12.2 Å². The maximum atomic E-state index is 12.2. The Morgan fingerprint density at radius 1 is 1.24 bits per heavy atom. The normalized spacial score (nSPS) is 10.5. The first-order valence-corrected chi connectivity index (χ1v) is 8.47. The Morgan fingerprint density at radius 3 is 2.56 bits per heavy atom. The van der Waals surface area contributed by atoms with Gasteiger partial charge >= 0.3 is 0 Å². The predicted molar refractivity (Wildman–Crippen MR) is 104 cm³/mol. The largest absolute Gasteiger partial charge is 0.478 e. The van der Waals surface area contributed by atoms with Crippen LogP contribution in [-0.4, -0.2) is 12.5 Å². The number of nitriles is 2. The minimum absolute atomic E-state index is 0.0311. The maximum Gasteiger partial charge on any atom is 0.266 e. The Bertz CT molecular complexity index is 896. The van der Waals surface area contributed by atoms with Crippen molar-refractivity contribution >= 4 is 51.9 Å². The Kier molecular flexibility index (Phi) is 6.81. The lowest BCUT2D eigenvalue weighted by Gasteiger charge is -2.06. The number of carbonyl (C=O) groups is 1. The molecule has 0 bridgehead atoms. The van der Waals surface area contributed by atoms with E-state index in [2.05, 4.69) is 27.9 Å². The number of ether oxygens (including phenoxy) is 1. The van der Waals surface area contributed by atoms with Crippen LogP contribution >= 0.6 is 34.2 Å². The monoisotopic (exact) mass is 463 g/mol. The number of nitrogens with one attached hydrogen (secondary N) is 1. The third-order valence-electron chi connectivity index (χ3n) is 3.03. The van der Waals surface area contributed by atoms with Gasteiger partial charge in [0.25, 0.3) is 5.91 Å². The average molecular weight is 464 g/mol. The molecule has 2 aromatic carbocycles. The topological polar surface area (TPSA) is 85.9 Å². The summed E-state index contributed by atoms with van der Waals surface area (Å²) in [6.07, 6.45) is 1.49. The van der Waals surface area contributed by atoms with E-state index in [0.717, 1.165) is 3.57 Å². The molecule has 0 aliphatic heterocycles. The van der Waals surface area contributed by atoms with Gasteiger partial charge in [-0.3, -0.25) is 4.79 Å². The molecule has 0 unspecified atom stereocenters. The molecule has 7 heteroatoms. The molecule has 0 aromatic heterocycles. The van der Waals surface area contributed by atoms with Crippen molar-refractivity contribution in [3.05, 3.63) is 62.2 Å². The number of hydrogen-bond donors (Lipinski definition) is 1. The van der Waals surface area contributed by atoms with Gasteiger partial charge in [0.1, 0.15) is 23.5 Å². The van der Waals surface area contributed by atoms with Gasteiger partial charge in [0.05, 0.1) is 3.57 Å². The molecule has 25 heavy (non-hydrogen) atoms. The molecule has 2 aromatic rings. The van der Waals surface area contributed by atoms with Gasteiger partial charge in [-0.2, -0.15) is 10.5 Å². The second-order valence-corrected chi connectivity index (χ2v) is 6.37. The fraction of sp³-hybridized carbons (Fsp3) is 0.0556. The van der Waals surface area contributed by atoms with Crippen molar-refractivity contribution in [3.8, 4) is 17.9 Å². The van der Waals surface area contributed by atoms with Gasteiger partial charge in [0, 0.05) is 10.7 Å². The van der Waals surface area contributed by atoms with Crippen LogP contribution in [0, 0.1) is 26.2 Å². The van der Waals surface area contributed by atoms with Crippen molar-refractivity contribution in [2.75, 3.05) is 11.9 Å². The zero-order valence-corrected chi connectivity index (χ0v) is 15.7. The van der Waals surface area contributed by atoms with Crippen LogP contribution in [0.4, 0.5) is 5.69 Å². The lowest BCUT2D eigenvalue weighted by atomic mass is 10.1. The molecule has 0 atom stereocenters. The predicted octanol–water partition coefficient (Wildman–Crippen LogP) is 4.39. The van der Waals surface area contributed by atoms with E-state index in [1.54, 1.807) is 42.5 Å². The fourth-order valence-corrected chi connectivity index (χ4v) is 2.70. The number of rotatable bonds is 5. The van der Waals surface area contributed by atoms with Crippen molar-refractivity contribution in [1.82, 2.24) is 0 Å². The highest BCUT2D eigenvalue weighted by Crippen LogP contribution is 2.23. The molecule has 0 fully saturated rings. The molecule has 0 aliphatic rings. The molecule has 5 nitrogen and oxygen atoms in total. The minimum atomic E-state index is -0.510. The van der Waals surface area contributed by atoms with Gasteiger partial charge in [-0.25, -0.2) is 0 Å². The van der Waals surface area contributed by atoms with Crippen LogP contribution in [0.25, 0.3) is 6.08 Å². The summed E-state index contributed by atoms with van der Waals surface area (Å²) < 4.78 is 6.04. The van der Waals surface area contributed by atoms with Gasteiger partial charge in [-0.1, -0.05) is 17.7 Å². The second-order valence-electron chi connectivity index (χ2n) is 4.77. The Morgan fingerprint density at radius 2 is 1.96 bits per heavy atom. The van der Waals surface area contributed by atoms with E-state index in [0.29, 0.717) is 22.0 Å². The lowest BCUT2D eigenvalue weighted by Crippen LogP contribution is -2.13. The molecular formula is C18H11ClIN3O2. The summed E-state index contributed by atoms with van der Waals surface area (Å²) in [4.78, 5) is 12.2. The molecule has 0 saturated heterocycles. The third kappa shape index (κ3) is 5.49. The molecule has 2 rings (SSSR count). The first kappa shape index (κ1) is 18.8. The van der Waals surface area contributed by atoms with Crippen LogP contribution < -0.4 is 10.1 Å². The molecule has 124 valence electrons. The molecule has 0 aliphatic carbocycles. The van der Waals surface area contributed by atoms with E-state index in [1.165, 1.54) is 6.08 Å². The number of nitrogens with zero attached hydrogens (tertiary/aromatic N) is 2. The van der Waals surface area contributed by atoms with E-state index >= 15 is 0 Å². The second kappa shape index (κ2) is 9.07.